The molecule has 3 aromatic carbocycles. The van der Waals surface area contributed by atoms with Gasteiger partial charge in [-0.05, 0) is 10.4 Å². The first-order valence-electron chi connectivity index (χ1n) is 8.42. The Balaban J connectivity index is 1.87. The Morgan fingerprint density at radius 2 is 1.16 bits per heavy atom. The Kier molecular flexibility index (Phi) is 4.08. The van der Waals surface area contributed by atoms with E-state index in [1.54, 1.807) is 0 Å². The van der Waals surface area contributed by atoms with E-state index in [1.165, 1.54) is 10.4 Å². The van der Waals surface area contributed by atoms with Crippen LogP contribution in [-0.4, -0.2) is 13.2 Å². The molecule has 0 atom stereocenters. The standard InChI is InChI=1S/C22H19NOSi/c1-25(19-13-7-3-8-14-19,20-15-9-4-10-16-20)22-17-21(23-24-22)18-11-5-2-6-12-18/h2-17H,1H3. The first-order valence-corrected chi connectivity index (χ1v) is 10.9. The lowest BCUT2D eigenvalue weighted by Gasteiger charge is -2.25. The van der Waals surface area contributed by atoms with E-state index in [0.29, 0.717) is 0 Å². The third-order valence-corrected chi connectivity index (χ3v) is 8.97. The lowest BCUT2D eigenvalue weighted by Crippen LogP contribution is -2.64. The van der Waals surface area contributed by atoms with Gasteiger partial charge in [-0.3, -0.25) is 0 Å². The maximum Gasteiger partial charge on any atom is 0.193 e. The third kappa shape index (κ3) is 2.83. The van der Waals surface area contributed by atoms with Gasteiger partial charge in [0.25, 0.3) is 0 Å². The van der Waals surface area contributed by atoms with Crippen molar-refractivity contribution in [1.82, 2.24) is 5.16 Å². The van der Waals surface area contributed by atoms with Crippen LogP contribution >= 0.6 is 0 Å². The Morgan fingerprint density at radius 3 is 1.68 bits per heavy atom. The summed E-state index contributed by atoms with van der Waals surface area (Å²) in [5, 5.41) is 7.97. The van der Waals surface area contributed by atoms with Gasteiger partial charge < -0.3 is 4.52 Å². The van der Waals surface area contributed by atoms with Crippen LogP contribution < -0.4 is 15.8 Å². The van der Waals surface area contributed by atoms with Crippen molar-refractivity contribution in [3.05, 3.63) is 97.1 Å². The second kappa shape index (κ2) is 6.53. The van der Waals surface area contributed by atoms with Gasteiger partial charge in [-0.2, -0.15) is 0 Å². The molecule has 0 amide bonds. The predicted molar refractivity (Wildman–Crippen MR) is 105 cm³/mol. The van der Waals surface area contributed by atoms with E-state index >= 15 is 0 Å². The predicted octanol–water partition coefficient (Wildman–Crippen LogP) is 3.44. The summed E-state index contributed by atoms with van der Waals surface area (Å²) in [6.07, 6.45) is 0. The third-order valence-electron chi connectivity index (χ3n) is 4.77. The van der Waals surface area contributed by atoms with Crippen LogP contribution in [0, 0.1) is 0 Å². The summed E-state index contributed by atoms with van der Waals surface area (Å²) < 4.78 is 5.90. The first-order chi connectivity index (χ1) is 12.3. The Hall–Kier alpha value is -2.91. The molecule has 4 rings (SSSR count). The second-order valence-electron chi connectivity index (χ2n) is 6.30. The molecular weight excluding hydrogens is 322 g/mol. The van der Waals surface area contributed by atoms with Gasteiger partial charge >= 0.3 is 0 Å². The van der Waals surface area contributed by atoms with Crippen LogP contribution in [0.1, 0.15) is 0 Å². The smallest absolute Gasteiger partial charge is 0.193 e. The number of hydrogen-bond donors (Lipinski definition) is 0. The van der Waals surface area contributed by atoms with E-state index < -0.39 is 8.07 Å². The zero-order valence-electron chi connectivity index (χ0n) is 14.1. The molecule has 0 bridgehead atoms. The Bertz CT molecular complexity index is 910. The van der Waals surface area contributed by atoms with Crippen molar-refractivity contribution in [2.45, 2.75) is 6.55 Å². The van der Waals surface area contributed by atoms with Crippen molar-refractivity contribution in [3.8, 4) is 11.3 Å². The molecule has 1 heterocycles. The first kappa shape index (κ1) is 15.6. The minimum atomic E-state index is -2.22. The molecule has 4 aromatic rings. The van der Waals surface area contributed by atoms with E-state index in [9.17, 15) is 0 Å². The number of benzene rings is 3. The fraction of sp³-hybridized carbons (Fsp3) is 0.0455. The van der Waals surface area contributed by atoms with Gasteiger partial charge in [-0.15, -0.1) is 0 Å². The van der Waals surface area contributed by atoms with Crippen molar-refractivity contribution in [3.63, 3.8) is 0 Å². The van der Waals surface area contributed by atoms with Crippen LogP contribution in [0.25, 0.3) is 11.3 Å². The van der Waals surface area contributed by atoms with Crippen LogP contribution in [0.5, 0.6) is 0 Å². The summed E-state index contributed by atoms with van der Waals surface area (Å²) >= 11 is 0. The van der Waals surface area contributed by atoms with Gasteiger partial charge in [0.1, 0.15) is 11.1 Å². The molecule has 0 saturated heterocycles. The molecule has 0 unspecified atom stereocenters. The average molecular weight is 341 g/mol. The van der Waals surface area contributed by atoms with Crippen molar-refractivity contribution >= 4 is 23.8 Å². The van der Waals surface area contributed by atoms with Crippen molar-refractivity contribution in [1.29, 1.82) is 0 Å². The highest BCUT2D eigenvalue weighted by Gasteiger charge is 2.38. The zero-order chi connectivity index (χ0) is 17.1. The van der Waals surface area contributed by atoms with Crippen molar-refractivity contribution in [2.24, 2.45) is 0 Å². The summed E-state index contributed by atoms with van der Waals surface area (Å²) in [4.78, 5) is 0. The summed E-state index contributed by atoms with van der Waals surface area (Å²) in [5.41, 5.74) is 1.97. The SMILES string of the molecule is C[Si](c1ccccc1)(c1ccccc1)c1cc(-c2ccccc2)no1. The number of hydrogen-bond acceptors (Lipinski definition) is 2. The molecule has 0 spiro atoms. The molecule has 25 heavy (non-hydrogen) atoms. The summed E-state index contributed by atoms with van der Waals surface area (Å²) in [6, 6.07) is 33.6. The van der Waals surface area contributed by atoms with Crippen LogP contribution in [0.4, 0.5) is 0 Å². The van der Waals surface area contributed by atoms with E-state index in [1.807, 2.05) is 18.2 Å². The molecule has 0 aliphatic rings. The highest BCUT2D eigenvalue weighted by molar-refractivity contribution is 7.10. The number of rotatable bonds is 4. The maximum absolute atomic E-state index is 5.90. The minimum Gasteiger partial charge on any atom is -0.365 e. The van der Waals surface area contributed by atoms with Gasteiger partial charge in [0.05, 0.1) is 0 Å². The van der Waals surface area contributed by atoms with E-state index in [2.05, 4.69) is 90.6 Å². The van der Waals surface area contributed by atoms with E-state index in [4.69, 9.17) is 4.52 Å². The van der Waals surface area contributed by atoms with Crippen LogP contribution in [0.2, 0.25) is 6.55 Å². The van der Waals surface area contributed by atoms with Gasteiger partial charge in [0.15, 0.2) is 8.07 Å². The zero-order valence-corrected chi connectivity index (χ0v) is 15.1. The van der Waals surface area contributed by atoms with E-state index in [-0.39, 0.29) is 0 Å². The summed E-state index contributed by atoms with van der Waals surface area (Å²) in [6.45, 7) is 2.33. The van der Waals surface area contributed by atoms with Gasteiger partial charge in [0.2, 0.25) is 0 Å². The van der Waals surface area contributed by atoms with Crippen LogP contribution in [0.3, 0.4) is 0 Å². The van der Waals surface area contributed by atoms with E-state index in [0.717, 1.165) is 16.6 Å². The molecule has 0 fully saturated rings. The summed E-state index contributed by atoms with van der Waals surface area (Å²) in [7, 11) is -2.22. The highest BCUT2D eigenvalue weighted by Crippen LogP contribution is 2.17. The topological polar surface area (TPSA) is 26.0 Å². The molecule has 0 aliphatic carbocycles. The van der Waals surface area contributed by atoms with Crippen LogP contribution in [0.15, 0.2) is 102 Å². The van der Waals surface area contributed by atoms with Crippen LogP contribution in [-0.2, 0) is 0 Å². The molecule has 0 radical (unpaired) electrons. The second-order valence-corrected chi connectivity index (χ2v) is 10.2. The molecule has 0 saturated carbocycles. The quantitative estimate of drug-likeness (QED) is 0.532. The number of nitrogens with zero attached hydrogens (tertiary/aromatic N) is 1. The number of aromatic nitrogens is 1. The lowest BCUT2D eigenvalue weighted by molar-refractivity contribution is 0.447. The minimum absolute atomic E-state index is 0.890. The molecule has 1 aromatic heterocycles. The monoisotopic (exact) mass is 341 g/mol. The van der Waals surface area contributed by atoms with Gasteiger partial charge in [-0.1, -0.05) is 103 Å². The van der Waals surface area contributed by atoms with Crippen molar-refractivity contribution in [2.75, 3.05) is 0 Å². The molecule has 0 N–H and O–H groups in total. The lowest BCUT2D eigenvalue weighted by atomic mass is 10.2. The summed E-state index contributed by atoms with van der Waals surface area (Å²) in [5.74, 6) is 0. The fourth-order valence-corrected chi connectivity index (χ4v) is 6.52. The fourth-order valence-electron chi connectivity index (χ4n) is 3.25. The molecule has 3 heteroatoms. The molecular formula is C22H19NOSi. The van der Waals surface area contributed by atoms with Gasteiger partial charge in [-0.25, -0.2) is 0 Å². The molecule has 2 nitrogen and oxygen atoms in total. The maximum atomic E-state index is 5.90. The van der Waals surface area contributed by atoms with Crippen molar-refractivity contribution < 1.29 is 4.52 Å². The van der Waals surface area contributed by atoms with Gasteiger partial charge in [0, 0.05) is 11.6 Å². The highest BCUT2D eigenvalue weighted by atomic mass is 28.3. The Labute approximate surface area is 148 Å². The normalized spacial score (nSPS) is 11.4. The molecule has 0 aliphatic heterocycles. The largest absolute Gasteiger partial charge is 0.365 e. The Morgan fingerprint density at radius 1 is 0.680 bits per heavy atom. The molecule has 122 valence electrons. The average Bonchev–Trinajstić information content (AvgIpc) is 3.20.